The van der Waals surface area contributed by atoms with Crippen LogP contribution in [0, 0.1) is 11.8 Å². The van der Waals surface area contributed by atoms with Crippen LogP contribution in [0.15, 0.2) is 24.3 Å². The van der Waals surface area contributed by atoms with Crippen molar-refractivity contribution in [2.75, 3.05) is 12.4 Å². The number of benzene rings is 1. The van der Waals surface area contributed by atoms with Crippen LogP contribution in [0.4, 0.5) is 5.69 Å². The Balaban J connectivity index is 2.02. The lowest BCUT2D eigenvalue weighted by Crippen LogP contribution is -2.30. The van der Waals surface area contributed by atoms with Gasteiger partial charge in [-0.15, -0.1) is 0 Å². The van der Waals surface area contributed by atoms with Gasteiger partial charge in [-0.25, -0.2) is 0 Å². The van der Waals surface area contributed by atoms with Gasteiger partial charge in [-0.05, 0) is 37.1 Å². The van der Waals surface area contributed by atoms with E-state index >= 15 is 0 Å². The Morgan fingerprint density at radius 3 is 2.29 bits per heavy atom. The lowest BCUT2D eigenvalue weighted by atomic mass is 9.95. The van der Waals surface area contributed by atoms with Gasteiger partial charge < -0.3 is 15.7 Å². The number of aliphatic carboxylic acids is 1. The van der Waals surface area contributed by atoms with Crippen LogP contribution in [-0.4, -0.2) is 29.9 Å². The molecule has 1 aromatic rings. The van der Waals surface area contributed by atoms with E-state index in [4.69, 9.17) is 5.11 Å². The van der Waals surface area contributed by atoms with E-state index in [1.807, 2.05) is 0 Å². The van der Waals surface area contributed by atoms with Crippen molar-refractivity contribution in [1.82, 2.24) is 5.32 Å². The first-order valence-electron chi connectivity index (χ1n) is 6.88. The predicted octanol–water partition coefficient (Wildman–Crippen LogP) is 1.49. The number of amides is 2. The third-order valence-electron chi connectivity index (χ3n) is 3.81. The molecule has 0 saturated heterocycles. The quantitative estimate of drug-likeness (QED) is 0.782. The van der Waals surface area contributed by atoms with Gasteiger partial charge in [0.05, 0.1) is 11.8 Å². The zero-order valence-corrected chi connectivity index (χ0v) is 11.8. The second-order valence-corrected chi connectivity index (χ2v) is 5.13. The van der Waals surface area contributed by atoms with E-state index in [2.05, 4.69) is 10.6 Å². The second-order valence-electron chi connectivity index (χ2n) is 5.13. The lowest BCUT2D eigenvalue weighted by molar-refractivity contribution is -0.145. The van der Waals surface area contributed by atoms with Crippen molar-refractivity contribution in [3.05, 3.63) is 29.8 Å². The molecule has 2 unspecified atom stereocenters. The standard InChI is InChI=1S/C15H18N2O4/c1-16-13(18)9-5-7-10(8-6-9)17-14(19)11-3-2-4-12(11)15(20)21/h5-8,11-12H,2-4H2,1H3,(H,16,18)(H,17,19)(H,20,21). The fourth-order valence-corrected chi connectivity index (χ4v) is 2.65. The third kappa shape index (κ3) is 3.39. The highest BCUT2D eigenvalue weighted by atomic mass is 16.4. The molecule has 0 spiro atoms. The number of rotatable bonds is 4. The number of hydrogen-bond donors (Lipinski definition) is 3. The Kier molecular flexibility index (Phi) is 4.57. The summed E-state index contributed by atoms with van der Waals surface area (Å²) in [4.78, 5) is 34.7. The smallest absolute Gasteiger partial charge is 0.307 e. The molecule has 1 aliphatic rings. The molecule has 0 radical (unpaired) electrons. The molecule has 6 heteroatoms. The summed E-state index contributed by atoms with van der Waals surface area (Å²) in [5.41, 5.74) is 1.06. The topological polar surface area (TPSA) is 95.5 Å². The van der Waals surface area contributed by atoms with Crippen LogP contribution in [0.25, 0.3) is 0 Å². The molecule has 1 saturated carbocycles. The van der Waals surface area contributed by atoms with E-state index in [1.165, 1.54) is 0 Å². The summed E-state index contributed by atoms with van der Waals surface area (Å²) >= 11 is 0. The van der Waals surface area contributed by atoms with E-state index in [0.29, 0.717) is 24.1 Å². The van der Waals surface area contributed by atoms with Crippen LogP contribution in [0.2, 0.25) is 0 Å². The molecule has 2 rings (SSSR count). The first kappa shape index (κ1) is 15.0. The van der Waals surface area contributed by atoms with E-state index in [1.54, 1.807) is 31.3 Å². The Morgan fingerprint density at radius 1 is 1.10 bits per heavy atom. The Labute approximate surface area is 122 Å². The molecule has 2 amide bonds. The molecule has 2 atom stereocenters. The van der Waals surface area contributed by atoms with Crippen molar-refractivity contribution in [2.45, 2.75) is 19.3 Å². The minimum atomic E-state index is -0.914. The summed E-state index contributed by atoms with van der Waals surface area (Å²) < 4.78 is 0. The minimum Gasteiger partial charge on any atom is -0.481 e. The number of carbonyl (C=O) groups is 3. The average Bonchev–Trinajstić information content (AvgIpc) is 2.97. The summed E-state index contributed by atoms with van der Waals surface area (Å²) in [7, 11) is 1.55. The molecule has 6 nitrogen and oxygen atoms in total. The normalized spacial score (nSPS) is 20.8. The maximum atomic E-state index is 12.2. The van der Waals surface area contributed by atoms with E-state index in [0.717, 1.165) is 6.42 Å². The van der Waals surface area contributed by atoms with Crippen LogP contribution < -0.4 is 10.6 Å². The average molecular weight is 290 g/mol. The van der Waals surface area contributed by atoms with Gasteiger partial charge in [0.15, 0.2) is 0 Å². The first-order valence-corrected chi connectivity index (χ1v) is 6.88. The van der Waals surface area contributed by atoms with Gasteiger partial charge in [-0.3, -0.25) is 14.4 Å². The number of anilines is 1. The second kappa shape index (κ2) is 6.39. The van der Waals surface area contributed by atoms with Crippen LogP contribution >= 0.6 is 0 Å². The summed E-state index contributed by atoms with van der Waals surface area (Å²) in [6, 6.07) is 6.48. The molecule has 1 aliphatic carbocycles. The van der Waals surface area contributed by atoms with Crippen molar-refractivity contribution >= 4 is 23.5 Å². The summed E-state index contributed by atoms with van der Waals surface area (Å²) in [5, 5.41) is 14.3. The number of nitrogens with one attached hydrogen (secondary N) is 2. The zero-order valence-electron chi connectivity index (χ0n) is 11.8. The molecule has 0 heterocycles. The number of hydrogen-bond acceptors (Lipinski definition) is 3. The number of carboxylic acids is 1. The third-order valence-corrected chi connectivity index (χ3v) is 3.81. The fraction of sp³-hybridized carbons (Fsp3) is 0.400. The number of carbonyl (C=O) groups excluding carboxylic acids is 2. The fourth-order valence-electron chi connectivity index (χ4n) is 2.65. The van der Waals surface area contributed by atoms with Gasteiger partial charge in [0.25, 0.3) is 5.91 Å². The molecule has 112 valence electrons. The monoisotopic (exact) mass is 290 g/mol. The van der Waals surface area contributed by atoms with Gasteiger partial charge >= 0.3 is 5.97 Å². The van der Waals surface area contributed by atoms with Gasteiger partial charge in [0.2, 0.25) is 5.91 Å². The van der Waals surface area contributed by atoms with Crippen molar-refractivity contribution in [2.24, 2.45) is 11.8 Å². The highest BCUT2D eigenvalue weighted by molar-refractivity contribution is 5.97. The highest BCUT2D eigenvalue weighted by Crippen LogP contribution is 2.32. The molecule has 1 aromatic carbocycles. The van der Waals surface area contributed by atoms with E-state index < -0.39 is 17.8 Å². The van der Waals surface area contributed by atoms with Gasteiger partial charge in [0.1, 0.15) is 0 Å². The molecule has 1 fully saturated rings. The summed E-state index contributed by atoms with van der Waals surface area (Å²) in [6.07, 6.45) is 1.90. The molecule has 0 aliphatic heterocycles. The van der Waals surface area contributed by atoms with Crippen molar-refractivity contribution in [3.8, 4) is 0 Å². The zero-order chi connectivity index (χ0) is 15.4. The van der Waals surface area contributed by atoms with Crippen LogP contribution in [0.5, 0.6) is 0 Å². The number of carboxylic acid groups (broad SMARTS) is 1. The molecule has 21 heavy (non-hydrogen) atoms. The van der Waals surface area contributed by atoms with Crippen LogP contribution in [-0.2, 0) is 9.59 Å². The van der Waals surface area contributed by atoms with E-state index in [9.17, 15) is 14.4 Å². The summed E-state index contributed by atoms with van der Waals surface area (Å²) in [5.74, 6) is -2.47. The van der Waals surface area contributed by atoms with Crippen molar-refractivity contribution < 1.29 is 19.5 Å². The molecular formula is C15H18N2O4. The highest BCUT2D eigenvalue weighted by Gasteiger charge is 2.37. The van der Waals surface area contributed by atoms with Crippen LogP contribution in [0.3, 0.4) is 0 Å². The molecule has 0 bridgehead atoms. The van der Waals surface area contributed by atoms with E-state index in [-0.39, 0.29) is 11.8 Å². The Morgan fingerprint density at radius 2 is 1.71 bits per heavy atom. The maximum absolute atomic E-state index is 12.2. The largest absolute Gasteiger partial charge is 0.481 e. The lowest BCUT2D eigenvalue weighted by Gasteiger charge is -2.15. The van der Waals surface area contributed by atoms with Crippen molar-refractivity contribution in [3.63, 3.8) is 0 Å². The van der Waals surface area contributed by atoms with Gasteiger partial charge in [0, 0.05) is 18.3 Å². The first-order chi connectivity index (χ1) is 10.0. The summed E-state index contributed by atoms with van der Waals surface area (Å²) in [6.45, 7) is 0. The molecule has 3 N–H and O–H groups in total. The maximum Gasteiger partial charge on any atom is 0.307 e. The molecular weight excluding hydrogens is 272 g/mol. The molecule has 0 aromatic heterocycles. The van der Waals surface area contributed by atoms with Gasteiger partial charge in [-0.2, -0.15) is 0 Å². The Hall–Kier alpha value is -2.37. The van der Waals surface area contributed by atoms with Gasteiger partial charge in [-0.1, -0.05) is 6.42 Å². The van der Waals surface area contributed by atoms with Crippen LogP contribution in [0.1, 0.15) is 29.6 Å². The Bertz CT molecular complexity index is 553. The SMILES string of the molecule is CNC(=O)c1ccc(NC(=O)C2CCCC2C(=O)O)cc1. The van der Waals surface area contributed by atoms with Crippen molar-refractivity contribution in [1.29, 1.82) is 0 Å². The predicted molar refractivity (Wildman–Crippen MR) is 76.9 cm³/mol. The minimum absolute atomic E-state index is 0.199.